The van der Waals surface area contributed by atoms with E-state index in [1.54, 1.807) is 54.6 Å². The minimum absolute atomic E-state index is 0.0228. The van der Waals surface area contributed by atoms with Gasteiger partial charge in [0.1, 0.15) is 18.3 Å². The van der Waals surface area contributed by atoms with E-state index in [9.17, 15) is 18.0 Å². The SMILES string of the molecule is CCOc1ccc(N(CC(=O)N(Cc2ccc(Cl)cc2Cl)[C@@H](Cc2ccccc2)C(=O)N[C@H](C)CC)S(=O)(=O)c2ccc(SC)cc2)cc1. The Morgan fingerprint density at radius 1 is 0.918 bits per heavy atom. The van der Waals surface area contributed by atoms with E-state index in [0.717, 1.165) is 14.8 Å². The maximum Gasteiger partial charge on any atom is 0.264 e. The van der Waals surface area contributed by atoms with Crippen molar-refractivity contribution in [3.05, 3.63) is 118 Å². The summed E-state index contributed by atoms with van der Waals surface area (Å²) in [6.45, 7) is 5.48. The van der Waals surface area contributed by atoms with E-state index in [0.29, 0.717) is 34.4 Å². The van der Waals surface area contributed by atoms with Gasteiger partial charge in [0.25, 0.3) is 10.0 Å². The lowest BCUT2D eigenvalue weighted by Crippen LogP contribution is -2.54. The van der Waals surface area contributed by atoms with Crippen molar-refractivity contribution in [2.75, 3.05) is 23.7 Å². The van der Waals surface area contributed by atoms with Crippen LogP contribution < -0.4 is 14.4 Å². The van der Waals surface area contributed by atoms with E-state index >= 15 is 0 Å². The van der Waals surface area contributed by atoms with Gasteiger partial charge in [0.2, 0.25) is 11.8 Å². The molecule has 0 aromatic heterocycles. The fourth-order valence-corrected chi connectivity index (χ4v) is 7.40. The molecule has 0 spiro atoms. The summed E-state index contributed by atoms with van der Waals surface area (Å²) in [5, 5.41) is 3.76. The third kappa shape index (κ3) is 10.2. The van der Waals surface area contributed by atoms with Crippen LogP contribution in [0.1, 0.15) is 38.3 Å². The van der Waals surface area contributed by atoms with Crippen LogP contribution in [0.15, 0.2) is 107 Å². The quantitative estimate of drug-likeness (QED) is 0.118. The molecule has 0 fully saturated rings. The zero-order chi connectivity index (χ0) is 35.6. The van der Waals surface area contributed by atoms with Gasteiger partial charge in [-0.15, -0.1) is 11.8 Å². The van der Waals surface area contributed by atoms with Gasteiger partial charge in [0.05, 0.1) is 17.2 Å². The van der Waals surface area contributed by atoms with Crippen molar-refractivity contribution in [3.63, 3.8) is 0 Å². The number of hydrogen-bond acceptors (Lipinski definition) is 6. The Labute approximate surface area is 303 Å². The minimum Gasteiger partial charge on any atom is -0.494 e. The fraction of sp³-hybridized carbons (Fsp3) is 0.297. The average molecular weight is 743 g/mol. The highest BCUT2D eigenvalue weighted by atomic mass is 35.5. The van der Waals surface area contributed by atoms with Gasteiger partial charge in [-0.25, -0.2) is 8.42 Å². The number of ether oxygens (including phenoxy) is 1. The zero-order valence-corrected chi connectivity index (χ0v) is 31.1. The molecule has 0 saturated carbocycles. The molecule has 1 N–H and O–H groups in total. The second kappa shape index (κ2) is 17.8. The van der Waals surface area contributed by atoms with Crippen LogP contribution in [0.5, 0.6) is 5.75 Å². The van der Waals surface area contributed by atoms with Crippen LogP contribution in [0.25, 0.3) is 0 Å². The summed E-state index contributed by atoms with van der Waals surface area (Å²) in [4.78, 5) is 31.0. The standard InChI is InChI=1S/C37H41Cl2N3O5S2/c1-5-26(3)40-37(44)35(22-27-10-8-7-9-11-27)41(24-28-12-13-29(38)23-34(28)39)36(43)25-42(30-14-16-31(17-15-30)47-6-2)49(45,46)33-20-18-32(48-4)19-21-33/h7-21,23,26,35H,5-6,22,24-25H2,1-4H3,(H,40,44)/t26-,35+/m1/s1. The first-order chi connectivity index (χ1) is 23.5. The summed E-state index contributed by atoms with van der Waals surface area (Å²) in [5.41, 5.74) is 1.65. The number of anilines is 1. The molecule has 0 aliphatic carbocycles. The van der Waals surface area contributed by atoms with E-state index in [1.807, 2.05) is 57.4 Å². The van der Waals surface area contributed by atoms with Gasteiger partial charge in [-0.3, -0.25) is 13.9 Å². The number of halogens is 2. The smallest absolute Gasteiger partial charge is 0.264 e. The maximum absolute atomic E-state index is 14.7. The second-order valence-corrected chi connectivity index (χ2v) is 15.0. The fourth-order valence-electron chi connectivity index (χ4n) is 5.11. The van der Waals surface area contributed by atoms with Crippen molar-refractivity contribution in [1.29, 1.82) is 0 Å². The Morgan fingerprint density at radius 3 is 2.18 bits per heavy atom. The highest BCUT2D eigenvalue weighted by molar-refractivity contribution is 7.98. The second-order valence-electron chi connectivity index (χ2n) is 11.4. The lowest BCUT2D eigenvalue weighted by molar-refractivity contribution is -0.140. The third-order valence-electron chi connectivity index (χ3n) is 7.99. The third-order valence-corrected chi connectivity index (χ3v) is 11.1. The van der Waals surface area contributed by atoms with Gasteiger partial charge >= 0.3 is 0 Å². The molecule has 2 atom stereocenters. The minimum atomic E-state index is -4.26. The number of rotatable bonds is 16. The molecule has 0 unspecified atom stereocenters. The lowest BCUT2D eigenvalue weighted by Gasteiger charge is -2.34. The van der Waals surface area contributed by atoms with Crippen molar-refractivity contribution in [3.8, 4) is 5.75 Å². The predicted octanol–water partition coefficient (Wildman–Crippen LogP) is 7.86. The van der Waals surface area contributed by atoms with Crippen molar-refractivity contribution >= 4 is 62.5 Å². The Balaban J connectivity index is 1.83. The molecule has 0 aliphatic heterocycles. The van der Waals surface area contributed by atoms with Crippen molar-refractivity contribution in [2.45, 2.75) is 62.0 Å². The van der Waals surface area contributed by atoms with Gasteiger partial charge in [-0.1, -0.05) is 66.5 Å². The Bertz CT molecular complexity index is 1810. The molecule has 4 rings (SSSR count). The Morgan fingerprint density at radius 2 is 1.59 bits per heavy atom. The molecular formula is C37H41Cl2N3O5S2. The molecule has 0 saturated heterocycles. The molecule has 260 valence electrons. The molecule has 49 heavy (non-hydrogen) atoms. The topological polar surface area (TPSA) is 96.0 Å². The van der Waals surface area contributed by atoms with E-state index in [4.69, 9.17) is 27.9 Å². The van der Waals surface area contributed by atoms with Crippen molar-refractivity contribution in [1.82, 2.24) is 10.2 Å². The first-order valence-corrected chi connectivity index (χ1v) is 19.4. The summed E-state index contributed by atoms with van der Waals surface area (Å²) in [5.74, 6) is -0.396. The highest BCUT2D eigenvalue weighted by Crippen LogP contribution is 2.29. The summed E-state index contributed by atoms with van der Waals surface area (Å²) in [6, 6.07) is 26.2. The summed E-state index contributed by atoms with van der Waals surface area (Å²) >= 11 is 14.3. The van der Waals surface area contributed by atoms with E-state index in [1.165, 1.54) is 28.8 Å². The Hall–Kier alpha value is -3.70. The van der Waals surface area contributed by atoms with Gasteiger partial charge < -0.3 is 15.0 Å². The number of amides is 2. The molecule has 12 heteroatoms. The van der Waals surface area contributed by atoms with E-state index < -0.39 is 28.5 Å². The van der Waals surface area contributed by atoms with Crippen LogP contribution in [0.2, 0.25) is 10.0 Å². The first kappa shape index (κ1) is 38.1. The summed E-state index contributed by atoms with van der Waals surface area (Å²) in [6.07, 6.45) is 2.77. The molecule has 0 aliphatic rings. The predicted molar refractivity (Wildman–Crippen MR) is 199 cm³/mol. The van der Waals surface area contributed by atoms with Crippen LogP contribution in [-0.4, -0.2) is 56.6 Å². The molecule has 4 aromatic carbocycles. The summed E-state index contributed by atoms with van der Waals surface area (Å²) < 4.78 is 35.3. The monoisotopic (exact) mass is 741 g/mol. The number of benzene rings is 4. The lowest BCUT2D eigenvalue weighted by atomic mass is 10.0. The number of carbonyl (C=O) groups excluding carboxylic acids is 2. The van der Waals surface area contributed by atoms with Crippen molar-refractivity contribution in [2.24, 2.45) is 0 Å². The largest absolute Gasteiger partial charge is 0.494 e. The van der Waals surface area contributed by atoms with Gasteiger partial charge in [-0.05, 0) is 98.3 Å². The van der Waals surface area contributed by atoms with Crippen LogP contribution in [0.4, 0.5) is 5.69 Å². The zero-order valence-electron chi connectivity index (χ0n) is 27.9. The molecular weight excluding hydrogens is 701 g/mol. The van der Waals surface area contributed by atoms with Gasteiger partial charge in [0, 0.05) is 33.9 Å². The van der Waals surface area contributed by atoms with Gasteiger partial charge in [-0.2, -0.15) is 0 Å². The number of nitrogens with zero attached hydrogens (tertiary/aromatic N) is 2. The molecule has 0 bridgehead atoms. The van der Waals surface area contributed by atoms with Crippen molar-refractivity contribution < 1.29 is 22.7 Å². The van der Waals surface area contributed by atoms with Crippen LogP contribution in [0, 0.1) is 0 Å². The average Bonchev–Trinajstić information content (AvgIpc) is 3.10. The first-order valence-electron chi connectivity index (χ1n) is 15.9. The highest BCUT2D eigenvalue weighted by Gasteiger charge is 2.35. The molecule has 0 heterocycles. The number of hydrogen-bond donors (Lipinski definition) is 1. The number of sulfonamides is 1. The van der Waals surface area contributed by atoms with Gasteiger partial charge in [0.15, 0.2) is 0 Å². The number of carbonyl (C=O) groups is 2. The number of nitrogens with one attached hydrogen (secondary N) is 1. The maximum atomic E-state index is 14.7. The Kier molecular flexibility index (Phi) is 13.8. The van der Waals surface area contributed by atoms with Crippen LogP contribution >= 0.6 is 35.0 Å². The van der Waals surface area contributed by atoms with Crippen LogP contribution in [0.3, 0.4) is 0 Å². The molecule has 8 nitrogen and oxygen atoms in total. The van der Waals surface area contributed by atoms with E-state index in [-0.39, 0.29) is 35.5 Å². The van der Waals surface area contributed by atoms with E-state index in [2.05, 4.69) is 5.32 Å². The molecule has 4 aromatic rings. The molecule has 0 radical (unpaired) electrons. The summed E-state index contributed by atoms with van der Waals surface area (Å²) in [7, 11) is -4.26. The normalized spacial score (nSPS) is 12.5. The molecule has 2 amide bonds. The number of thioether (sulfide) groups is 1. The van der Waals surface area contributed by atoms with Crippen LogP contribution in [-0.2, 0) is 32.6 Å².